The predicted octanol–water partition coefficient (Wildman–Crippen LogP) is 3.22. The third kappa shape index (κ3) is 4.98. The SMILES string of the molecule is Cn1ncc(C(=O)N2CCN(Cc3cc(=O)c(OCc4ccccc4Cl)co3)CC2)c1Cl. The number of halogens is 2. The molecule has 168 valence electrons. The highest BCUT2D eigenvalue weighted by atomic mass is 35.5. The van der Waals surface area contributed by atoms with Crippen LogP contribution in [0.25, 0.3) is 0 Å². The Morgan fingerprint density at radius 2 is 1.94 bits per heavy atom. The first-order valence-corrected chi connectivity index (χ1v) is 10.8. The molecule has 8 nitrogen and oxygen atoms in total. The number of amides is 1. The lowest BCUT2D eigenvalue weighted by Gasteiger charge is -2.34. The second-order valence-corrected chi connectivity index (χ2v) is 8.26. The molecule has 0 unspecified atom stereocenters. The molecule has 0 atom stereocenters. The van der Waals surface area contributed by atoms with Gasteiger partial charge in [-0.1, -0.05) is 41.4 Å². The number of rotatable bonds is 6. The molecule has 0 aliphatic carbocycles. The average Bonchev–Trinajstić information content (AvgIpc) is 3.12. The molecule has 1 fully saturated rings. The van der Waals surface area contributed by atoms with Crippen molar-refractivity contribution in [2.24, 2.45) is 7.05 Å². The molecule has 1 aliphatic rings. The summed E-state index contributed by atoms with van der Waals surface area (Å²) in [6.07, 6.45) is 2.82. The number of hydrogen-bond donors (Lipinski definition) is 0. The van der Waals surface area contributed by atoms with Crippen molar-refractivity contribution in [3.8, 4) is 5.75 Å². The first kappa shape index (κ1) is 22.4. The van der Waals surface area contributed by atoms with Crippen LogP contribution in [0.4, 0.5) is 0 Å². The molecule has 1 saturated heterocycles. The van der Waals surface area contributed by atoms with E-state index >= 15 is 0 Å². The summed E-state index contributed by atoms with van der Waals surface area (Å²) < 4.78 is 12.7. The van der Waals surface area contributed by atoms with Crippen molar-refractivity contribution < 1.29 is 13.9 Å². The van der Waals surface area contributed by atoms with Gasteiger partial charge in [-0.15, -0.1) is 0 Å². The Morgan fingerprint density at radius 1 is 1.19 bits per heavy atom. The zero-order chi connectivity index (χ0) is 22.7. The number of nitrogens with zero attached hydrogens (tertiary/aromatic N) is 4. The summed E-state index contributed by atoms with van der Waals surface area (Å²) >= 11 is 12.3. The molecule has 0 N–H and O–H groups in total. The first-order chi connectivity index (χ1) is 15.4. The molecule has 1 aromatic carbocycles. The van der Waals surface area contributed by atoms with Crippen LogP contribution in [0.5, 0.6) is 5.75 Å². The van der Waals surface area contributed by atoms with E-state index in [9.17, 15) is 9.59 Å². The van der Waals surface area contributed by atoms with Gasteiger partial charge in [0.25, 0.3) is 5.91 Å². The van der Waals surface area contributed by atoms with Crippen LogP contribution >= 0.6 is 23.2 Å². The topological polar surface area (TPSA) is 80.8 Å². The van der Waals surface area contributed by atoms with Crippen LogP contribution in [0.1, 0.15) is 21.7 Å². The van der Waals surface area contributed by atoms with Gasteiger partial charge in [-0.3, -0.25) is 19.2 Å². The lowest BCUT2D eigenvalue weighted by molar-refractivity contribution is 0.0619. The number of ether oxygens (including phenoxy) is 1. The standard InChI is InChI=1S/C22H22Cl2N4O4/c1-26-21(24)17(11-25-26)22(30)28-8-6-27(7-9-28)12-16-10-19(29)20(14-31-16)32-13-15-4-2-3-5-18(15)23/h2-5,10-11,14H,6-9,12-13H2,1H3. The molecule has 2 aromatic heterocycles. The number of piperazine rings is 1. The summed E-state index contributed by atoms with van der Waals surface area (Å²) in [7, 11) is 1.69. The van der Waals surface area contributed by atoms with E-state index in [-0.39, 0.29) is 23.7 Å². The van der Waals surface area contributed by atoms with Gasteiger partial charge < -0.3 is 14.1 Å². The summed E-state index contributed by atoms with van der Waals surface area (Å²) in [4.78, 5) is 28.9. The van der Waals surface area contributed by atoms with Crippen molar-refractivity contribution in [1.29, 1.82) is 0 Å². The minimum atomic E-state index is -0.252. The third-order valence-corrected chi connectivity index (χ3v) is 6.15. The molecular weight excluding hydrogens is 455 g/mol. The fraction of sp³-hybridized carbons (Fsp3) is 0.318. The second kappa shape index (κ2) is 9.77. The van der Waals surface area contributed by atoms with Crippen molar-refractivity contribution in [1.82, 2.24) is 19.6 Å². The zero-order valence-electron chi connectivity index (χ0n) is 17.5. The summed E-state index contributed by atoms with van der Waals surface area (Å²) in [5.74, 6) is 0.543. The third-order valence-electron chi connectivity index (χ3n) is 5.33. The molecule has 3 heterocycles. The molecule has 10 heteroatoms. The van der Waals surface area contributed by atoms with Gasteiger partial charge in [-0.2, -0.15) is 5.10 Å². The number of carbonyl (C=O) groups excluding carboxylic acids is 1. The molecular formula is C22H22Cl2N4O4. The fourth-order valence-electron chi connectivity index (χ4n) is 3.46. The highest BCUT2D eigenvalue weighted by Gasteiger charge is 2.25. The van der Waals surface area contributed by atoms with E-state index in [2.05, 4.69) is 10.00 Å². The van der Waals surface area contributed by atoms with Crippen LogP contribution in [-0.4, -0.2) is 51.7 Å². The van der Waals surface area contributed by atoms with E-state index < -0.39 is 0 Å². The summed E-state index contributed by atoms with van der Waals surface area (Å²) in [5.41, 5.74) is 0.942. The van der Waals surface area contributed by atoms with Crippen LogP contribution in [0, 0.1) is 0 Å². The van der Waals surface area contributed by atoms with E-state index in [4.69, 9.17) is 32.4 Å². The van der Waals surface area contributed by atoms with Gasteiger partial charge in [0.05, 0.1) is 18.3 Å². The number of hydrogen-bond acceptors (Lipinski definition) is 6. The maximum atomic E-state index is 12.7. The lowest BCUT2D eigenvalue weighted by atomic mass is 10.2. The predicted molar refractivity (Wildman–Crippen MR) is 120 cm³/mol. The molecule has 0 radical (unpaired) electrons. The normalized spacial score (nSPS) is 14.5. The lowest BCUT2D eigenvalue weighted by Crippen LogP contribution is -2.48. The van der Waals surface area contributed by atoms with Gasteiger partial charge in [0.2, 0.25) is 11.2 Å². The summed E-state index contributed by atoms with van der Waals surface area (Å²) in [6, 6.07) is 8.73. The Bertz CT molecular complexity index is 1170. The van der Waals surface area contributed by atoms with Crippen LogP contribution in [0.2, 0.25) is 10.2 Å². The largest absolute Gasteiger partial charge is 0.482 e. The van der Waals surface area contributed by atoms with Crippen LogP contribution in [0.15, 0.2) is 52.0 Å². The maximum absolute atomic E-state index is 12.7. The highest BCUT2D eigenvalue weighted by Crippen LogP contribution is 2.19. The Morgan fingerprint density at radius 3 is 2.59 bits per heavy atom. The number of aromatic nitrogens is 2. The zero-order valence-corrected chi connectivity index (χ0v) is 19.0. The minimum absolute atomic E-state index is 0.130. The van der Waals surface area contributed by atoms with E-state index in [0.29, 0.717) is 54.2 Å². The van der Waals surface area contributed by atoms with Crippen molar-refractivity contribution >= 4 is 29.1 Å². The van der Waals surface area contributed by atoms with Crippen molar-refractivity contribution in [3.05, 3.63) is 80.1 Å². The molecule has 1 aliphatic heterocycles. The molecule has 0 saturated carbocycles. The Hall–Kier alpha value is -2.81. The maximum Gasteiger partial charge on any atom is 0.258 e. The van der Waals surface area contributed by atoms with Crippen molar-refractivity contribution in [3.63, 3.8) is 0 Å². The van der Waals surface area contributed by atoms with Gasteiger partial charge in [0, 0.05) is 49.9 Å². The van der Waals surface area contributed by atoms with Gasteiger partial charge in [-0.25, -0.2) is 0 Å². The summed E-state index contributed by atoms with van der Waals surface area (Å²) in [5, 5.41) is 4.93. The molecule has 1 amide bonds. The van der Waals surface area contributed by atoms with Crippen molar-refractivity contribution in [2.45, 2.75) is 13.2 Å². The fourth-order valence-corrected chi connectivity index (χ4v) is 3.83. The molecule has 0 spiro atoms. The smallest absolute Gasteiger partial charge is 0.258 e. The Balaban J connectivity index is 1.31. The van der Waals surface area contributed by atoms with Gasteiger partial charge in [0.15, 0.2) is 0 Å². The van der Waals surface area contributed by atoms with E-state index in [0.717, 1.165) is 5.56 Å². The number of benzene rings is 1. The Labute approximate surface area is 194 Å². The van der Waals surface area contributed by atoms with Crippen LogP contribution in [-0.2, 0) is 20.2 Å². The quantitative estimate of drug-likeness (QED) is 0.543. The molecule has 32 heavy (non-hydrogen) atoms. The highest BCUT2D eigenvalue weighted by molar-refractivity contribution is 6.32. The monoisotopic (exact) mass is 476 g/mol. The van der Waals surface area contributed by atoms with Crippen molar-refractivity contribution in [2.75, 3.05) is 26.2 Å². The van der Waals surface area contributed by atoms with E-state index in [1.54, 1.807) is 18.0 Å². The van der Waals surface area contributed by atoms with Gasteiger partial charge in [0.1, 0.15) is 23.8 Å². The molecule has 3 aromatic rings. The van der Waals surface area contributed by atoms with Gasteiger partial charge >= 0.3 is 0 Å². The van der Waals surface area contributed by atoms with E-state index in [1.807, 2.05) is 18.2 Å². The number of aryl methyl sites for hydroxylation is 1. The van der Waals surface area contributed by atoms with Crippen LogP contribution in [0.3, 0.4) is 0 Å². The molecule has 4 rings (SSSR count). The van der Waals surface area contributed by atoms with Crippen LogP contribution < -0.4 is 10.2 Å². The number of carbonyl (C=O) groups is 1. The average molecular weight is 477 g/mol. The van der Waals surface area contributed by atoms with Gasteiger partial charge in [-0.05, 0) is 6.07 Å². The first-order valence-electron chi connectivity index (χ1n) is 10.1. The second-order valence-electron chi connectivity index (χ2n) is 7.50. The minimum Gasteiger partial charge on any atom is -0.482 e. The summed E-state index contributed by atoms with van der Waals surface area (Å²) in [6.45, 7) is 3.05. The molecule has 0 bridgehead atoms. The Kier molecular flexibility index (Phi) is 6.83. The van der Waals surface area contributed by atoms with E-state index in [1.165, 1.54) is 23.2 Å².